The summed E-state index contributed by atoms with van der Waals surface area (Å²) in [5.74, 6) is -0.181. The number of carboxylic acid groups (broad SMARTS) is 1. The van der Waals surface area contributed by atoms with Gasteiger partial charge in [-0.05, 0) is 30.3 Å². The number of nitrogens with one attached hydrogen (secondary N) is 1. The van der Waals surface area contributed by atoms with E-state index >= 15 is 0 Å². The molecular weight excluding hydrogens is 394 g/mol. The van der Waals surface area contributed by atoms with Gasteiger partial charge in [-0.25, -0.2) is 4.79 Å². The van der Waals surface area contributed by atoms with Crippen LogP contribution in [0.2, 0.25) is 5.02 Å². The third-order valence-electron chi connectivity index (χ3n) is 4.51. The molecule has 0 radical (unpaired) electrons. The van der Waals surface area contributed by atoms with Crippen LogP contribution >= 0.6 is 11.6 Å². The van der Waals surface area contributed by atoms with Crippen LogP contribution in [0, 0.1) is 0 Å². The monoisotopic (exact) mass is 411 g/mol. The number of hydrogen-bond acceptors (Lipinski definition) is 6. The zero-order valence-electron chi connectivity index (χ0n) is 15.4. The van der Waals surface area contributed by atoms with Crippen molar-refractivity contribution in [1.29, 1.82) is 0 Å². The van der Waals surface area contributed by atoms with E-state index in [9.17, 15) is 9.90 Å². The van der Waals surface area contributed by atoms with E-state index in [2.05, 4.69) is 10.5 Å². The molecule has 148 valence electrons. The molecule has 4 rings (SSSR count). The first-order valence-electron chi connectivity index (χ1n) is 8.88. The highest BCUT2D eigenvalue weighted by Gasteiger charge is 2.29. The van der Waals surface area contributed by atoms with E-state index in [0.717, 1.165) is 5.71 Å². The highest BCUT2D eigenvalue weighted by molar-refractivity contribution is 6.30. The van der Waals surface area contributed by atoms with E-state index in [0.29, 0.717) is 27.8 Å². The highest BCUT2D eigenvalue weighted by atomic mass is 35.5. The first-order valence-corrected chi connectivity index (χ1v) is 9.25. The van der Waals surface area contributed by atoms with Gasteiger partial charge in [0.25, 0.3) is 0 Å². The number of carbonyl (C=O) groups is 1. The van der Waals surface area contributed by atoms with Crippen molar-refractivity contribution in [3.8, 4) is 11.5 Å². The van der Waals surface area contributed by atoms with Crippen LogP contribution in [-0.4, -0.2) is 29.9 Å². The van der Waals surface area contributed by atoms with Crippen molar-refractivity contribution in [2.75, 3.05) is 12.2 Å². The van der Waals surface area contributed by atoms with Crippen molar-refractivity contribution >= 4 is 29.0 Å². The number of fused-ring (bicyclic) bond motifs is 1. The number of allylic oxidation sites excluding steroid dienone is 2. The lowest BCUT2D eigenvalue weighted by atomic mass is 10.1. The number of ether oxygens (including phenoxy) is 2. The number of benzene rings is 2. The first kappa shape index (κ1) is 19.0. The molecule has 1 heterocycles. The molecule has 8 heteroatoms. The van der Waals surface area contributed by atoms with E-state index in [-0.39, 0.29) is 6.04 Å². The third kappa shape index (κ3) is 3.96. The third-order valence-corrected chi connectivity index (χ3v) is 4.77. The Balaban J connectivity index is 1.69. The van der Waals surface area contributed by atoms with Crippen molar-refractivity contribution in [3.05, 3.63) is 77.4 Å². The van der Waals surface area contributed by atoms with E-state index in [1.807, 2.05) is 24.3 Å². The lowest BCUT2D eigenvalue weighted by molar-refractivity contribution is -0.145. The standard InChI is InChI=1S/C21H18ClN3O4/c1-28-15-10-11-19(29-20(21(26)27)13-6-8-14(22)9-7-13)18(12-15)25-23-16-4-2-3-5-17(16)24-25/h2-12,16,20,23H,1H3,(H,26,27). The Labute approximate surface area is 172 Å². The smallest absolute Gasteiger partial charge is 0.349 e. The Bertz CT molecular complexity index is 1020. The van der Waals surface area contributed by atoms with Gasteiger partial charge < -0.3 is 14.6 Å². The molecule has 2 aromatic carbocycles. The van der Waals surface area contributed by atoms with Crippen molar-refractivity contribution < 1.29 is 19.4 Å². The van der Waals surface area contributed by atoms with Gasteiger partial charge in [-0.1, -0.05) is 42.0 Å². The summed E-state index contributed by atoms with van der Waals surface area (Å²) in [6.45, 7) is 0. The topological polar surface area (TPSA) is 83.4 Å². The van der Waals surface area contributed by atoms with E-state index in [1.54, 1.807) is 54.7 Å². The lowest BCUT2D eigenvalue weighted by Gasteiger charge is -2.23. The van der Waals surface area contributed by atoms with Gasteiger partial charge in [0.15, 0.2) is 0 Å². The van der Waals surface area contributed by atoms with E-state index < -0.39 is 12.1 Å². The van der Waals surface area contributed by atoms with Gasteiger partial charge in [-0.2, -0.15) is 15.6 Å². The number of aliphatic carboxylic acids is 1. The maximum Gasteiger partial charge on any atom is 0.349 e. The average molecular weight is 412 g/mol. The summed E-state index contributed by atoms with van der Waals surface area (Å²) in [4.78, 5) is 11.9. The molecule has 1 aliphatic heterocycles. The van der Waals surface area contributed by atoms with Gasteiger partial charge in [0, 0.05) is 16.7 Å². The molecule has 0 saturated carbocycles. The van der Waals surface area contributed by atoms with Crippen molar-refractivity contribution in [3.63, 3.8) is 0 Å². The van der Waals surface area contributed by atoms with E-state index in [4.69, 9.17) is 21.1 Å². The average Bonchev–Trinajstić information content (AvgIpc) is 3.16. The number of rotatable bonds is 6. The quantitative estimate of drug-likeness (QED) is 0.753. The molecule has 2 atom stereocenters. The van der Waals surface area contributed by atoms with Gasteiger partial charge in [-0.3, -0.25) is 0 Å². The minimum Gasteiger partial charge on any atom is -0.497 e. The normalized spacial score (nSPS) is 18.2. The summed E-state index contributed by atoms with van der Waals surface area (Å²) in [6.07, 6.45) is 6.52. The van der Waals surface area contributed by atoms with Crippen LogP contribution in [0.25, 0.3) is 0 Å². The molecule has 1 aliphatic carbocycles. The molecule has 0 spiro atoms. The Kier molecular flexibility index (Phi) is 5.24. The second-order valence-electron chi connectivity index (χ2n) is 6.41. The summed E-state index contributed by atoms with van der Waals surface area (Å²) in [5.41, 5.74) is 5.09. The largest absolute Gasteiger partial charge is 0.497 e. The molecule has 7 nitrogen and oxygen atoms in total. The number of anilines is 1. The highest BCUT2D eigenvalue weighted by Crippen LogP contribution is 2.36. The zero-order valence-corrected chi connectivity index (χ0v) is 16.2. The number of hydrazone groups is 1. The first-order chi connectivity index (χ1) is 14.0. The fourth-order valence-electron chi connectivity index (χ4n) is 3.05. The summed E-state index contributed by atoms with van der Waals surface area (Å²) in [5, 5.41) is 16.4. The molecule has 0 amide bonds. The Morgan fingerprint density at radius 3 is 2.72 bits per heavy atom. The fraction of sp³-hybridized carbons (Fsp3) is 0.143. The van der Waals surface area contributed by atoms with Crippen LogP contribution in [0.4, 0.5) is 5.69 Å². The maximum absolute atomic E-state index is 11.9. The van der Waals surface area contributed by atoms with Crippen LogP contribution in [0.3, 0.4) is 0 Å². The molecule has 0 aromatic heterocycles. The number of hydrogen-bond donors (Lipinski definition) is 2. The van der Waals surface area contributed by atoms with Crippen molar-refractivity contribution in [2.24, 2.45) is 5.10 Å². The zero-order chi connectivity index (χ0) is 20.4. The summed E-state index contributed by atoms with van der Waals surface area (Å²) < 4.78 is 11.2. The van der Waals surface area contributed by atoms with Gasteiger partial charge >= 0.3 is 5.97 Å². The van der Waals surface area contributed by atoms with Gasteiger partial charge in [-0.15, -0.1) is 0 Å². The summed E-state index contributed by atoms with van der Waals surface area (Å²) in [7, 11) is 1.56. The lowest BCUT2D eigenvalue weighted by Crippen LogP contribution is -2.37. The van der Waals surface area contributed by atoms with Gasteiger partial charge in [0.1, 0.15) is 17.2 Å². The van der Waals surface area contributed by atoms with Gasteiger partial charge in [0.05, 0.1) is 18.9 Å². The SMILES string of the molecule is COc1ccc(OC(C(=O)O)c2ccc(Cl)cc2)c(N2N=C3C=CC=CC3N2)c1. The van der Waals surface area contributed by atoms with Gasteiger partial charge in [0.2, 0.25) is 6.10 Å². The maximum atomic E-state index is 11.9. The number of halogens is 1. The number of carboxylic acids is 1. The molecule has 2 aliphatic rings. The molecule has 29 heavy (non-hydrogen) atoms. The predicted octanol–water partition coefficient (Wildman–Crippen LogP) is 3.73. The second-order valence-corrected chi connectivity index (χ2v) is 6.85. The van der Waals surface area contributed by atoms with Crippen LogP contribution in [0.5, 0.6) is 11.5 Å². The van der Waals surface area contributed by atoms with Crippen molar-refractivity contribution in [1.82, 2.24) is 5.43 Å². The predicted molar refractivity (Wildman–Crippen MR) is 111 cm³/mol. The van der Waals surface area contributed by atoms with Crippen LogP contribution in [0.15, 0.2) is 71.9 Å². The summed E-state index contributed by atoms with van der Waals surface area (Å²) in [6, 6.07) is 11.5. The fourth-order valence-corrected chi connectivity index (χ4v) is 3.18. The molecule has 0 bridgehead atoms. The molecule has 2 aromatic rings. The Morgan fingerprint density at radius 1 is 1.24 bits per heavy atom. The molecule has 2 N–H and O–H groups in total. The van der Waals surface area contributed by atoms with Crippen LogP contribution in [0.1, 0.15) is 11.7 Å². The Hall–Kier alpha value is -3.29. The van der Waals surface area contributed by atoms with Crippen molar-refractivity contribution in [2.45, 2.75) is 12.1 Å². The number of methoxy groups -OCH3 is 1. The summed E-state index contributed by atoms with van der Waals surface area (Å²) >= 11 is 5.92. The number of nitrogens with zero attached hydrogens (tertiary/aromatic N) is 2. The van der Waals surface area contributed by atoms with Crippen LogP contribution in [-0.2, 0) is 4.79 Å². The van der Waals surface area contributed by atoms with E-state index in [1.165, 1.54) is 0 Å². The molecule has 0 saturated heterocycles. The molecule has 0 fully saturated rings. The Morgan fingerprint density at radius 2 is 2.03 bits per heavy atom. The minimum atomic E-state index is -1.21. The number of hydrazine groups is 1. The molecule has 2 unspecified atom stereocenters. The van der Waals surface area contributed by atoms with Crippen LogP contribution < -0.4 is 20.0 Å². The minimum absolute atomic E-state index is 0.0643. The molecular formula is C21H18ClN3O4. The second kappa shape index (κ2) is 7.98.